The second-order valence-corrected chi connectivity index (χ2v) is 3.83. The number of hydrogen-bond donors (Lipinski definition) is 1. The third kappa shape index (κ3) is 2.59. The van der Waals surface area contributed by atoms with E-state index in [-0.39, 0.29) is 6.10 Å². The number of furan rings is 1. The van der Waals surface area contributed by atoms with Gasteiger partial charge in [0.05, 0.1) is 16.8 Å². The van der Waals surface area contributed by atoms with Crippen LogP contribution in [0.2, 0.25) is 0 Å². The normalized spacial score (nSPS) is 15.4. The number of halogens is 1. The third-order valence-electron chi connectivity index (χ3n) is 2.05. The molecule has 0 aliphatic heterocycles. The summed E-state index contributed by atoms with van der Waals surface area (Å²) < 4.78 is 11.4. The van der Waals surface area contributed by atoms with Gasteiger partial charge < -0.3 is 14.3 Å². The monoisotopic (exact) mass is 262 g/mol. The molecule has 0 aliphatic rings. The standard InChI is InChI=1S/C10H15BrO3/c1-3-8(13-4-2)9(12)10-7(11)5-6-14-10/h5-6,8-9,12H,3-4H2,1-2H3. The SMILES string of the molecule is CCOC(CC)C(O)c1occc1Br. The lowest BCUT2D eigenvalue weighted by atomic mass is 10.1. The highest BCUT2D eigenvalue weighted by molar-refractivity contribution is 9.10. The van der Waals surface area contributed by atoms with Crippen molar-refractivity contribution in [3.8, 4) is 0 Å². The molecular formula is C10H15BrO3. The maximum Gasteiger partial charge on any atom is 0.149 e. The number of aliphatic hydroxyl groups excluding tert-OH is 1. The first-order valence-electron chi connectivity index (χ1n) is 4.73. The maximum atomic E-state index is 9.93. The third-order valence-corrected chi connectivity index (χ3v) is 2.70. The van der Waals surface area contributed by atoms with Gasteiger partial charge in [0.25, 0.3) is 0 Å². The summed E-state index contributed by atoms with van der Waals surface area (Å²) in [4.78, 5) is 0. The molecule has 0 fully saturated rings. The van der Waals surface area contributed by atoms with E-state index in [4.69, 9.17) is 9.15 Å². The molecule has 1 aromatic heterocycles. The van der Waals surface area contributed by atoms with Crippen LogP contribution >= 0.6 is 15.9 Å². The van der Waals surface area contributed by atoms with Crippen molar-refractivity contribution in [3.63, 3.8) is 0 Å². The van der Waals surface area contributed by atoms with Gasteiger partial charge >= 0.3 is 0 Å². The van der Waals surface area contributed by atoms with Crippen LogP contribution in [0, 0.1) is 0 Å². The highest BCUT2D eigenvalue weighted by Crippen LogP contribution is 2.28. The van der Waals surface area contributed by atoms with Gasteiger partial charge in [-0.1, -0.05) is 6.92 Å². The van der Waals surface area contributed by atoms with Gasteiger partial charge in [0, 0.05) is 6.61 Å². The van der Waals surface area contributed by atoms with Crippen molar-refractivity contribution < 1.29 is 14.3 Å². The first kappa shape index (κ1) is 11.8. The van der Waals surface area contributed by atoms with Crippen molar-refractivity contribution in [2.24, 2.45) is 0 Å². The zero-order chi connectivity index (χ0) is 10.6. The summed E-state index contributed by atoms with van der Waals surface area (Å²) in [6, 6.07) is 1.76. The van der Waals surface area contributed by atoms with Gasteiger partial charge in [-0.25, -0.2) is 0 Å². The quantitative estimate of drug-likeness (QED) is 0.888. The average molecular weight is 263 g/mol. The first-order valence-corrected chi connectivity index (χ1v) is 5.52. The fourth-order valence-electron chi connectivity index (χ4n) is 1.33. The smallest absolute Gasteiger partial charge is 0.149 e. The minimum atomic E-state index is -0.704. The molecule has 0 aliphatic carbocycles. The summed E-state index contributed by atoms with van der Waals surface area (Å²) in [6.07, 6.45) is 1.38. The number of ether oxygens (including phenoxy) is 1. The zero-order valence-corrected chi connectivity index (χ0v) is 9.95. The number of hydrogen-bond acceptors (Lipinski definition) is 3. The fraction of sp³-hybridized carbons (Fsp3) is 0.600. The summed E-state index contributed by atoms with van der Waals surface area (Å²) in [5.41, 5.74) is 0. The van der Waals surface area contributed by atoms with Crippen molar-refractivity contribution in [3.05, 3.63) is 22.6 Å². The topological polar surface area (TPSA) is 42.6 Å². The summed E-state index contributed by atoms with van der Waals surface area (Å²) in [6.45, 7) is 4.47. The van der Waals surface area contributed by atoms with Gasteiger partial charge in [-0.3, -0.25) is 0 Å². The largest absolute Gasteiger partial charge is 0.465 e. The van der Waals surface area contributed by atoms with Crippen LogP contribution in [0.4, 0.5) is 0 Å². The Morgan fingerprint density at radius 2 is 2.29 bits per heavy atom. The van der Waals surface area contributed by atoms with Crippen LogP contribution in [0.5, 0.6) is 0 Å². The van der Waals surface area contributed by atoms with Crippen LogP contribution in [0.3, 0.4) is 0 Å². The second-order valence-electron chi connectivity index (χ2n) is 2.98. The van der Waals surface area contributed by atoms with Gasteiger partial charge in [0.1, 0.15) is 11.9 Å². The molecule has 0 saturated heterocycles. The number of rotatable bonds is 5. The van der Waals surface area contributed by atoms with Crippen LogP contribution in [-0.2, 0) is 4.74 Å². The molecule has 1 N–H and O–H groups in total. The van der Waals surface area contributed by atoms with E-state index in [1.807, 2.05) is 13.8 Å². The fourth-order valence-corrected chi connectivity index (χ4v) is 1.77. The molecule has 2 atom stereocenters. The van der Waals surface area contributed by atoms with E-state index in [0.29, 0.717) is 12.4 Å². The molecule has 0 spiro atoms. The molecular weight excluding hydrogens is 248 g/mol. The van der Waals surface area contributed by atoms with Crippen LogP contribution < -0.4 is 0 Å². The molecule has 4 heteroatoms. The predicted molar refractivity (Wildman–Crippen MR) is 57.1 cm³/mol. The van der Waals surface area contributed by atoms with Crippen LogP contribution in [-0.4, -0.2) is 17.8 Å². The molecule has 2 unspecified atom stereocenters. The van der Waals surface area contributed by atoms with Crippen LogP contribution in [0.25, 0.3) is 0 Å². The lowest BCUT2D eigenvalue weighted by Gasteiger charge is -2.19. The molecule has 0 saturated carbocycles. The Kier molecular flexibility index (Phi) is 4.65. The molecule has 1 aromatic rings. The summed E-state index contributed by atoms with van der Waals surface area (Å²) in [5.74, 6) is 0.533. The highest BCUT2D eigenvalue weighted by atomic mass is 79.9. The van der Waals surface area contributed by atoms with E-state index >= 15 is 0 Å². The van der Waals surface area contributed by atoms with Gasteiger partial charge in [0.2, 0.25) is 0 Å². The van der Waals surface area contributed by atoms with Crippen molar-refractivity contribution in [1.82, 2.24) is 0 Å². The second kappa shape index (κ2) is 5.53. The van der Waals surface area contributed by atoms with Gasteiger partial charge in [0.15, 0.2) is 0 Å². The van der Waals surface area contributed by atoms with Gasteiger partial charge in [-0.05, 0) is 35.3 Å². The minimum Gasteiger partial charge on any atom is -0.465 e. The molecule has 14 heavy (non-hydrogen) atoms. The Labute approximate surface area is 92.2 Å². The molecule has 0 aromatic carbocycles. The lowest BCUT2D eigenvalue weighted by Crippen LogP contribution is -2.21. The molecule has 0 bridgehead atoms. The Morgan fingerprint density at radius 1 is 1.57 bits per heavy atom. The van der Waals surface area contributed by atoms with Crippen molar-refractivity contribution in [2.45, 2.75) is 32.5 Å². The Bertz CT molecular complexity index is 272. The first-order chi connectivity index (χ1) is 6.70. The Balaban J connectivity index is 2.72. The van der Waals surface area contributed by atoms with E-state index in [1.165, 1.54) is 0 Å². The Morgan fingerprint density at radius 3 is 2.71 bits per heavy atom. The Hall–Kier alpha value is -0.320. The predicted octanol–water partition coefficient (Wildman–Crippen LogP) is 2.89. The maximum absolute atomic E-state index is 9.93. The average Bonchev–Trinajstić information content (AvgIpc) is 2.59. The highest BCUT2D eigenvalue weighted by Gasteiger charge is 2.24. The van der Waals surface area contributed by atoms with E-state index < -0.39 is 6.10 Å². The summed E-state index contributed by atoms with van der Waals surface area (Å²) >= 11 is 3.31. The summed E-state index contributed by atoms with van der Waals surface area (Å²) in [5, 5.41) is 9.93. The zero-order valence-electron chi connectivity index (χ0n) is 8.37. The van der Waals surface area contributed by atoms with Crippen molar-refractivity contribution >= 4 is 15.9 Å². The van der Waals surface area contributed by atoms with Crippen LogP contribution in [0.15, 0.2) is 21.2 Å². The summed E-state index contributed by atoms with van der Waals surface area (Å²) in [7, 11) is 0. The molecule has 0 amide bonds. The lowest BCUT2D eigenvalue weighted by molar-refractivity contribution is -0.0444. The molecule has 1 rings (SSSR count). The molecule has 1 heterocycles. The van der Waals surface area contributed by atoms with E-state index in [9.17, 15) is 5.11 Å². The van der Waals surface area contributed by atoms with Crippen molar-refractivity contribution in [1.29, 1.82) is 0 Å². The van der Waals surface area contributed by atoms with E-state index in [0.717, 1.165) is 10.9 Å². The van der Waals surface area contributed by atoms with Gasteiger partial charge in [-0.2, -0.15) is 0 Å². The van der Waals surface area contributed by atoms with Crippen LogP contribution in [0.1, 0.15) is 32.1 Å². The van der Waals surface area contributed by atoms with Crippen molar-refractivity contribution in [2.75, 3.05) is 6.61 Å². The number of aliphatic hydroxyl groups is 1. The van der Waals surface area contributed by atoms with Gasteiger partial charge in [-0.15, -0.1) is 0 Å². The molecule has 3 nitrogen and oxygen atoms in total. The molecule has 0 radical (unpaired) electrons. The van der Waals surface area contributed by atoms with E-state index in [2.05, 4.69) is 15.9 Å². The van der Waals surface area contributed by atoms with E-state index in [1.54, 1.807) is 12.3 Å². The minimum absolute atomic E-state index is 0.206. The molecule has 80 valence electrons.